The molecule has 0 bridgehead atoms. The standard InChI is InChI=1S/C11H16N2O2S/c1-10-6-3-4-7-11(10,2)16(14,15)13-9-5-8-12/h3-4,6-7,10,13H,5,9H2,1-2H3. The number of hydrogen-bond donors (Lipinski definition) is 1. The van der Waals surface area contributed by atoms with Gasteiger partial charge in [0.25, 0.3) is 0 Å². The Balaban J connectivity index is 2.87. The second-order valence-corrected chi connectivity index (χ2v) is 6.20. The van der Waals surface area contributed by atoms with Crippen LogP contribution in [0.4, 0.5) is 0 Å². The zero-order valence-electron chi connectivity index (χ0n) is 9.47. The molecule has 0 heterocycles. The molecule has 4 nitrogen and oxygen atoms in total. The van der Waals surface area contributed by atoms with Gasteiger partial charge in [-0.25, -0.2) is 13.1 Å². The van der Waals surface area contributed by atoms with Crippen LogP contribution >= 0.6 is 0 Å². The Hall–Kier alpha value is -1.12. The van der Waals surface area contributed by atoms with Crippen LogP contribution in [0.15, 0.2) is 24.3 Å². The Morgan fingerprint density at radius 2 is 2.19 bits per heavy atom. The van der Waals surface area contributed by atoms with Crippen LogP contribution in [-0.4, -0.2) is 19.7 Å². The summed E-state index contributed by atoms with van der Waals surface area (Å²) in [4.78, 5) is 0. The van der Waals surface area contributed by atoms with E-state index in [9.17, 15) is 8.42 Å². The van der Waals surface area contributed by atoms with Gasteiger partial charge < -0.3 is 0 Å². The molecule has 0 spiro atoms. The van der Waals surface area contributed by atoms with Gasteiger partial charge >= 0.3 is 0 Å². The maximum atomic E-state index is 12.1. The van der Waals surface area contributed by atoms with E-state index in [1.807, 2.05) is 25.1 Å². The molecule has 2 unspecified atom stereocenters. The van der Waals surface area contributed by atoms with Crippen molar-refractivity contribution in [3.8, 4) is 6.07 Å². The summed E-state index contributed by atoms with van der Waals surface area (Å²) < 4.78 is 25.7. The third-order valence-corrected chi connectivity index (χ3v) is 5.20. The first kappa shape index (κ1) is 12.9. The quantitative estimate of drug-likeness (QED) is 0.754. The van der Waals surface area contributed by atoms with Crippen molar-refractivity contribution in [2.45, 2.75) is 25.0 Å². The minimum atomic E-state index is -3.44. The highest BCUT2D eigenvalue weighted by Gasteiger charge is 2.41. The molecule has 0 saturated carbocycles. The van der Waals surface area contributed by atoms with E-state index in [0.29, 0.717) is 0 Å². The Morgan fingerprint density at radius 1 is 1.50 bits per heavy atom. The average Bonchev–Trinajstić information content (AvgIpc) is 2.22. The van der Waals surface area contributed by atoms with Crippen molar-refractivity contribution in [1.82, 2.24) is 4.72 Å². The predicted molar refractivity (Wildman–Crippen MR) is 63.0 cm³/mol. The van der Waals surface area contributed by atoms with Crippen molar-refractivity contribution in [2.24, 2.45) is 5.92 Å². The molecule has 0 aliphatic heterocycles. The Bertz CT molecular complexity index is 445. The van der Waals surface area contributed by atoms with E-state index in [2.05, 4.69) is 4.72 Å². The lowest BCUT2D eigenvalue weighted by atomic mass is 9.91. The first-order chi connectivity index (χ1) is 7.44. The molecule has 0 amide bonds. The van der Waals surface area contributed by atoms with Gasteiger partial charge in [-0.1, -0.05) is 31.2 Å². The molecule has 1 N–H and O–H groups in total. The molecule has 88 valence electrons. The largest absolute Gasteiger partial charge is 0.221 e. The number of hydrogen-bond acceptors (Lipinski definition) is 3. The highest BCUT2D eigenvalue weighted by molar-refractivity contribution is 7.91. The van der Waals surface area contributed by atoms with E-state index < -0.39 is 14.8 Å². The van der Waals surface area contributed by atoms with Crippen LogP contribution < -0.4 is 4.72 Å². The molecule has 1 aliphatic rings. The second-order valence-electron chi connectivity index (χ2n) is 4.02. The monoisotopic (exact) mass is 240 g/mol. The summed E-state index contributed by atoms with van der Waals surface area (Å²) in [6, 6.07) is 1.91. The molecule has 2 atom stereocenters. The fourth-order valence-electron chi connectivity index (χ4n) is 1.55. The van der Waals surface area contributed by atoms with Gasteiger partial charge in [0.05, 0.1) is 6.07 Å². The number of allylic oxidation sites excluding steroid dienone is 3. The molecular weight excluding hydrogens is 224 g/mol. The van der Waals surface area contributed by atoms with Gasteiger partial charge in [0.2, 0.25) is 10.0 Å². The topological polar surface area (TPSA) is 70.0 Å². The molecule has 0 aromatic heterocycles. The zero-order chi connectivity index (χ0) is 12.2. The van der Waals surface area contributed by atoms with Gasteiger partial charge in [0.1, 0.15) is 4.75 Å². The summed E-state index contributed by atoms with van der Waals surface area (Å²) in [5, 5.41) is 8.38. The van der Waals surface area contributed by atoms with Gasteiger partial charge in [-0.15, -0.1) is 0 Å². The van der Waals surface area contributed by atoms with Gasteiger partial charge in [0, 0.05) is 13.0 Å². The van der Waals surface area contributed by atoms with Crippen LogP contribution in [0, 0.1) is 17.2 Å². The summed E-state index contributed by atoms with van der Waals surface area (Å²) in [6.07, 6.45) is 7.32. The molecule has 0 fully saturated rings. The molecule has 1 rings (SSSR count). The first-order valence-corrected chi connectivity index (χ1v) is 6.64. The lowest BCUT2D eigenvalue weighted by Crippen LogP contribution is -2.47. The highest BCUT2D eigenvalue weighted by Crippen LogP contribution is 2.31. The summed E-state index contributed by atoms with van der Waals surface area (Å²) in [5.41, 5.74) is 0. The Kier molecular flexibility index (Phi) is 3.89. The van der Waals surface area contributed by atoms with Gasteiger partial charge in [-0.05, 0) is 12.8 Å². The summed E-state index contributed by atoms with van der Waals surface area (Å²) in [5.74, 6) is -0.0860. The third-order valence-electron chi connectivity index (χ3n) is 2.95. The maximum absolute atomic E-state index is 12.1. The molecule has 0 radical (unpaired) electrons. The number of nitriles is 1. The second kappa shape index (κ2) is 4.81. The van der Waals surface area contributed by atoms with Gasteiger partial charge in [0.15, 0.2) is 0 Å². The third kappa shape index (κ3) is 2.34. The van der Waals surface area contributed by atoms with Crippen LogP contribution in [0.25, 0.3) is 0 Å². The lowest BCUT2D eigenvalue weighted by Gasteiger charge is -2.32. The maximum Gasteiger partial charge on any atom is 0.221 e. The van der Waals surface area contributed by atoms with E-state index >= 15 is 0 Å². The molecule has 16 heavy (non-hydrogen) atoms. The first-order valence-electron chi connectivity index (χ1n) is 5.16. The van der Waals surface area contributed by atoms with E-state index in [0.717, 1.165) is 0 Å². The van der Waals surface area contributed by atoms with Crippen LogP contribution in [0.3, 0.4) is 0 Å². The SMILES string of the molecule is CC1C=CC=CC1(C)S(=O)(=O)NCCC#N. The highest BCUT2D eigenvalue weighted by atomic mass is 32.2. The van der Waals surface area contributed by atoms with Crippen molar-refractivity contribution in [3.63, 3.8) is 0 Å². The smallest absolute Gasteiger partial charge is 0.213 e. The number of nitrogens with one attached hydrogen (secondary N) is 1. The van der Waals surface area contributed by atoms with E-state index in [-0.39, 0.29) is 18.9 Å². The molecule has 1 aliphatic carbocycles. The number of nitrogens with zero attached hydrogens (tertiary/aromatic N) is 1. The van der Waals surface area contributed by atoms with E-state index in [1.54, 1.807) is 19.1 Å². The fourth-order valence-corrected chi connectivity index (χ4v) is 3.06. The molecule has 0 saturated heterocycles. The lowest BCUT2D eigenvalue weighted by molar-refractivity contribution is 0.503. The molecule has 0 aromatic carbocycles. The number of rotatable bonds is 4. The van der Waals surface area contributed by atoms with Crippen LogP contribution in [0.2, 0.25) is 0 Å². The van der Waals surface area contributed by atoms with Gasteiger partial charge in [-0.3, -0.25) is 0 Å². The average molecular weight is 240 g/mol. The van der Waals surface area contributed by atoms with Crippen molar-refractivity contribution in [2.75, 3.05) is 6.54 Å². The Labute approximate surface area is 96.7 Å². The van der Waals surface area contributed by atoms with Crippen LogP contribution in [-0.2, 0) is 10.0 Å². The van der Waals surface area contributed by atoms with Crippen LogP contribution in [0.5, 0.6) is 0 Å². The summed E-state index contributed by atoms with van der Waals surface area (Å²) in [7, 11) is -3.44. The van der Waals surface area contributed by atoms with Crippen LogP contribution in [0.1, 0.15) is 20.3 Å². The van der Waals surface area contributed by atoms with Crippen molar-refractivity contribution < 1.29 is 8.42 Å². The summed E-state index contributed by atoms with van der Waals surface area (Å²) in [6.45, 7) is 3.72. The molecule has 0 aromatic rings. The van der Waals surface area contributed by atoms with E-state index in [1.165, 1.54) is 0 Å². The van der Waals surface area contributed by atoms with Crippen molar-refractivity contribution in [3.05, 3.63) is 24.3 Å². The number of sulfonamides is 1. The Morgan fingerprint density at radius 3 is 2.75 bits per heavy atom. The predicted octanol–water partition coefficient (Wildman–Crippen LogP) is 1.34. The molecule has 5 heteroatoms. The summed E-state index contributed by atoms with van der Waals surface area (Å²) >= 11 is 0. The van der Waals surface area contributed by atoms with E-state index in [4.69, 9.17) is 5.26 Å². The van der Waals surface area contributed by atoms with Crippen molar-refractivity contribution in [1.29, 1.82) is 5.26 Å². The fraction of sp³-hybridized carbons (Fsp3) is 0.545. The minimum Gasteiger partial charge on any atom is -0.213 e. The molecular formula is C11H16N2O2S. The van der Waals surface area contributed by atoms with Crippen molar-refractivity contribution >= 4 is 10.0 Å². The normalized spacial score (nSPS) is 28.9. The zero-order valence-corrected chi connectivity index (χ0v) is 10.3. The van der Waals surface area contributed by atoms with Gasteiger partial charge in [-0.2, -0.15) is 5.26 Å². The minimum absolute atomic E-state index is 0.0860.